The first-order valence-electron chi connectivity index (χ1n) is 7.21. The molecule has 1 unspecified atom stereocenters. The summed E-state index contributed by atoms with van der Waals surface area (Å²) in [5, 5.41) is 12.9. The molecule has 0 radical (unpaired) electrons. The first-order valence-corrected chi connectivity index (χ1v) is 7.58. The lowest BCUT2D eigenvalue weighted by Crippen LogP contribution is -3.07. The first-order chi connectivity index (χ1) is 11.1. The van der Waals surface area contributed by atoms with E-state index in [1.54, 1.807) is 12.1 Å². The van der Waals surface area contributed by atoms with E-state index in [-0.39, 0.29) is 5.82 Å². The zero-order valence-corrected chi connectivity index (χ0v) is 13.3. The topological polar surface area (TPSA) is 48.0 Å². The number of nitrogens with zero attached hydrogens (tertiary/aromatic N) is 4. The number of aromatic nitrogens is 4. The van der Waals surface area contributed by atoms with Crippen molar-refractivity contribution in [1.82, 2.24) is 20.2 Å². The maximum absolute atomic E-state index is 13.8. The normalized spacial score (nSPS) is 12.3. The molecule has 0 aliphatic rings. The monoisotopic (exact) mass is 332 g/mol. The minimum atomic E-state index is -0.298. The van der Waals surface area contributed by atoms with Crippen LogP contribution in [0.4, 0.5) is 4.39 Å². The maximum atomic E-state index is 13.8. The van der Waals surface area contributed by atoms with Crippen molar-refractivity contribution in [1.29, 1.82) is 0 Å². The fourth-order valence-electron chi connectivity index (χ4n) is 2.31. The third kappa shape index (κ3) is 3.72. The third-order valence-corrected chi connectivity index (χ3v) is 3.79. The van der Waals surface area contributed by atoms with Crippen LogP contribution in [0.3, 0.4) is 0 Å². The molecule has 0 spiro atoms. The molecule has 1 heterocycles. The van der Waals surface area contributed by atoms with E-state index in [0.717, 1.165) is 10.5 Å². The molecule has 1 atom stereocenters. The van der Waals surface area contributed by atoms with E-state index in [1.165, 1.54) is 10.9 Å². The Balaban J connectivity index is 1.69. The van der Waals surface area contributed by atoms with Gasteiger partial charge in [0.1, 0.15) is 12.4 Å². The Morgan fingerprint density at radius 1 is 1.13 bits per heavy atom. The molecule has 3 rings (SSSR count). The molecule has 0 amide bonds. The zero-order valence-electron chi connectivity index (χ0n) is 12.6. The van der Waals surface area contributed by atoms with Gasteiger partial charge in [0.25, 0.3) is 0 Å². The van der Waals surface area contributed by atoms with Gasteiger partial charge in [-0.25, -0.2) is 4.39 Å². The number of rotatable bonds is 5. The van der Waals surface area contributed by atoms with Crippen molar-refractivity contribution in [3.8, 4) is 11.4 Å². The van der Waals surface area contributed by atoms with Crippen LogP contribution >= 0.6 is 11.6 Å². The van der Waals surface area contributed by atoms with Crippen molar-refractivity contribution >= 4 is 11.6 Å². The first kappa shape index (κ1) is 15.6. The summed E-state index contributed by atoms with van der Waals surface area (Å²) in [7, 11) is 1.92. The number of benzene rings is 2. The van der Waals surface area contributed by atoms with Crippen LogP contribution in [-0.2, 0) is 13.2 Å². The van der Waals surface area contributed by atoms with Crippen molar-refractivity contribution in [2.75, 3.05) is 7.05 Å². The van der Waals surface area contributed by atoms with Crippen LogP contribution in [0.2, 0.25) is 5.02 Å². The van der Waals surface area contributed by atoms with Crippen molar-refractivity contribution < 1.29 is 9.29 Å². The minimum absolute atomic E-state index is 0.298. The summed E-state index contributed by atoms with van der Waals surface area (Å²) in [6.07, 6.45) is 0. The SMILES string of the molecule is C[NH+](Cc1c(F)cccc1Cl)Cn1nnc(-c2ccccc2)n1. The van der Waals surface area contributed by atoms with Crippen LogP contribution in [0, 0.1) is 5.82 Å². The molecule has 1 aromatic heterocycles. The van der Waals surface area contributed by atoms with E-state index in [0.29, 0.717) is 29.6 Å². The second-order valence-corrected chi connectivity index (χ2v) is 5.75. The lowest BCUT2D eigenvalue weighted by molar-refractivity contribution is -0.918. The van der Waals surface area contributed by atoms with E-state index in [2.05, 4.69) is 15.4 Å². The van der Waals surface area contributed by atoms with Crippen molar-refractivity contribution in [2.45, 2.75) is 13.2 Å². The lowest BCUT2D eigenvalue weighted by atomic mass is 10.2. The average Bonchev–Trinajstić information content (AvgIpc) is 3.00. The third-order valence-electron chi connectivity index (χ3n) is 3.44. The summed E-state index contributed by atoms with van der Waals surface area (Å²) < 4.78 is 13.8. The van der Waals surface area contributed by atoms with Gasteiger partial charge in [0.15, 0.2) is 6.67 Å². The van der Waals surface area contributed by atoms with Gasteiger partial charge in [-0.2, -0.15) is 0 Å². The molecule has 0 bridgehead atoms. The van der Waals surface area contributed by atoms with Gasteiger partial charge in [0, 0.05) is 5.56 Å². The molecular weight excluding hydrogens is 317 g/mol. The Bertz CT molecular complexity index is 770. The Labute approximate surface area is 138 Å². The lowest BCUT2D eigenvalue weighted by Gasteiger charge is -2.14. The van der Waals surface area contributed by atoms with E-state index < -0.39 is 0 Å². The predicted octanol–water partition coefficient (Wildman–Crippen LogP) is 1.80. The van der Waals surface area contributed by atoms with Crippen molar-refractivity contribution in [3.05, 3.63) is 64.9 Å². The molecule has 2 aromatic carbocycles. The van der Waals surface area contributed by atoms with Gasteiger partial charge in [-0.05, 0) is 17.3 Å². The van der Waals surface area contributed by atoms with E-state index in [1.807, 2.05) is 37.4 Å². The highest BCUT2D eigenvalue weighted by Crippen LogP contribution is 2.17. The summed E-state index contributed by atoms with van der Waals surface area (Å²) in [6, 6.07) is 14.3. The standard InChI is InChI=1S/C16H15ClFN5/c1-22(10-13-14(17)8-5-9-15(13)18)11-23-20-16(19-21-23)12-6-3-2-4-7-12/h2-9H,10-11H2,1H3/p+1. The van der Waals surface area contributed by atoms with Gasteiger partial charge in [-0.1, -0.05) is 48.0 Å². The Morgan fingerprint density at radius 3 is 2.65 bits per heavy atom. The van der Waals surface area contributed by atoms with Crippen molar-refractivity contribution in [2.24, 2.45) is 0 Å². The Kier molecular flexibility index (Phi) is 4.64. The molecule has 0 saturated carbocycles. The second-order valence-electron chi connectivity index (χ2n) is 5.34. The molecule has 23 heavy (non-hydrogen) atoms. The maximum Gasteiger partial charge on any atom is 0.205 e. The number of nitrogens with one attached hydrogen (secondary N) is 1. The van der Waals surface area contributed by atoms with Crippen LogP contribution in [0.1, 0.15) is 5.56 Å². The van der Waals surface area contributed by atoms with Gasteiger partial charge >= 0.3 is 0 Å². The summed E-state index contributed by atoms with van der Waals surface area (Å²) in [5.74, 6) is 0.274. The van der Waals surface area contributed by atoms with Gasteiger partial charge in [-0.3, -0.25) is 0 Å². The van der Waals surface area contributed by atoms with Crippen LogP contribution < -0.4 is 4.90 Å². The fourth-order valence-corrected chi connectivity index (χ4v) is 2.54. The Hall–Kier alpha value is -2.31. The van der Waals surface area contributed by atoms with Crippen molar-refractivity contribution in [3.63, 3.8) is 0 Å². The fraction of sp³-hybridized carbons (Fsp3) is 0.188. The number of hydrogen-bond acceptors (Lipinski definition) is 3. The zero-order chi connectivity index (χ0) is 16.2. The van der Waals surface area contributed by atoms with E-state index in [9.17, 15) is 4.39 Å². The summed E-state index contributed by atoms with van der Waals surface area (Å²) in [4.78, 5) is 2.50. The van der Waals surface area contributed by atoms with Gasteiger partial charge in [0.05, 0.1) is 17.6 Å². The molecule has 3 aromatic rings. The molecule has 0 aliphatic carbocycles. The van der Waals surface area contributed by atoms with Gasteiger partial charge < -0.3 is 4.90 Å². The minimum Gasteiger partial charge on any atom is -0.314 e. The smallest absolute Gasteiger partial charge is 0.205 e. The number of tetrazole rings is 1. The second kappa shape index (κ2) is 6.85. The summed E-state index contributed by atoms with van der Waals surface area (Å²) in [6.45, 7) is 0.901. The number of quaternary nitrogens is 1. The van der Waals surface area contributed by atoms with Gasteiger partial charge in [0.2, 0.25) is 5.82 Å². The summed E-state index contributed by atoms with van der Waals surface area (Å²) >= 11 is 6.06. The van der Waals surface area contributed by atoms with Gasteiger partial charge in [-0.15, -0.1) is 15.0 Å². The highest BCUT2D eigenvalue weighted by atomic mass is 35.5. The molecule has 1 N–H and O–H groups in total. The molecule has 0 aliphatic heterocycles. The molecule has 118 valence electrons. The number of halogens is 2. The quantitative estimate of drug-likeness (QED) is 0.775. The molecule has 7 heteroatoms. The number of hydrogen-bond donors (Lipinski definition) is 1. The van der Waals surface area contributed by atoms with E-state index in [4.69, 9.17) is 11.6 Å². The highest BCUT2D eigenvalue weighted by molar-refractivity contribution is 6.31. The molecule has 0 fully saturated rings. The molecule has 5 nitrogen and oxygen atoms in total. The molecule has 0 saturated heterocycles. The van der Waals surface area contributed by atoms with Crippen LogP contribution in [0.25, 0.3) is 11.4 Å². The van der Waals surface area contributed by atoms with Crippen LogP contribution in [0.5, 0.6) is 0 Å². The predicted molar refractivity (Wildman–Crippen MR) is 85.3 cm³/mol. The molecular formula is C16H16ClFN5+. The van der Waals surface area contributed by atoms with Crippen LogP contribution in [0.15, 0.2) is 48.5 Å². The average molecular weight is 333 g/mol. The highest BCUT2D eigenvalue weighted by Gasteiger charge is 2.14. The Morgan fingerprint density at radius 2 is 1.91 bits per heavy atom. The largest absolute Gasteiger partial charge is 0.314 e. The van der Waals surface area contributed by atoms with Crippen LogP contribution in [-0.4, -0.2) is 27.3 Å². The van der Waals surface area contributed by atoms with E-state index >= 15 is 0 Å². The summed E-state index contributed by atoms with van der Waals surface area (Å²) in [5.41, 5.74) is 1.41.